The Morgan fingerprint density at radius 1 is 0.529 bits per heavy atom. The van der Waals surface area contributed by atoms with Gasteiger partial charge in [-0.15, -0.1) is 0 Å². The van der Waals surface area contributed by atoms with Crippen molar-refractivity contribution in [2.24, 2.45) is 0 Å². The van der Waals surface area contributed by atoms with Crippen molar-refractivity contribution in [3.8, 4) is 0 Å². The fourth-order valence-electron chi connectivity index (χ4n) is 4.57. The summed E-state index contributed by atoms with van der Waals surface area (Å²) in [5.41, 5.74) is 0.0999. The van der Waals surface area contributed by atoms with Crippen molar-refractivity contribution in [3.63, 3.8) is 0 Å². The second-order valence-corrected chi connectivity index (χ2v) is 21.6. The standard InChI is InChI=1S/C11H22O.2C5H11O.2C4H9.2Sn/c1-4-7-9-11(12,6-3)10-8-5-2;2*1-3-5(6)4-2;2*1-3-4-2;;/h3-10H2,1-2H3;2*5H,3-4H2,1-2H3;2*1,3-4H2,2H3;;/q3*-1;;;+1;+2. The summed E-state index contributed by atoms with van der Waals surface area (Å²) in [6, 6.07) is 0. The monoisotopic (exact) mass is 698 g/mol. The Balaban J connectivity index is 5.71. The first kappa shape index (κ1) is 35.5. The molecule has 5 heteroatoms. The quantitative estimate of drug-likeness (QED) is 0.0890. The van der Waals surface area contributed by atoms with E-state index in [1.54, 1.807) is 0 Å². The van der Waals surface area contributed by atoms with Crippen molar-refractivity contribution in [1.82, 2.24) is 0 Å². The van der Waals surface area contributed by atoms with Crippen LogP contribution in [-0.2, 0) is 9.22 Å². The van der Waals surface area contributed by atoms with Gasteiger partial charge in [0.2, 0.25) is 0 Å². The minimum absolute atomic E-state index is 0.0999. The fraction of sp³-hybridized carbons (Fsp3) is 1.00. The molecule has 0 rings (SSSR count). The zero-order valence-electron chi connectivity index (χ0n) is 24.6. The van der Waals surface area contributed by atoms with E-state index in [4.69, 9.17) is 9.22 Å². The average molecular weight is 696 g/mol. The SMILES string of the molecule is CCC[CH2][Sn]([CH2]CCC)[O]C(CCCC)(CCCC)C[CH2][Sn]([O]C(CC)CC)[O]C(CC)CC. The third-order valence-corrected chi connectivity index (χ3v) is 19.7. The topological polar surface area (TPSA) is 27.7 Å². The second-order valence-electron chi connectivity index (χ2n) is 10.2. The molecular formula is C29H62O3Sn2. The molecule has 0 spiro atoms. The molecule has 0 amide bonds. The van der Waals surface area contributed by atoms with Crippen LogP contribution >= 0.6 is 0 Å². The molecule has 3 nitrogen and oxygen atoms in total. The Kier molecular flexibility index (Phi) is 24.6. The molecule has 0 aliphatic carbocycles. The summed E-state index contributed by atoms with van der Waals surface area (Å²) in [5.74, 6) is 0. The van der Waals surface area contributed by atoms with E-state index in [0.29, 0.717) is 12.2 Å². The van der Waals surface area contributed by atoms with E-state index in [9.17, 15) is 0 Å². The minimum atomic E-state index is -2.42. The summed E-state index contributed by atoms with van der Waals surface area (Å²) in [7, 11) is 0. The molecule has 204 valence electrons. The predicted molar refractivity (Wildman–Crippen MR) is 154 cm³/mol. The summed E-state index contributed by atoms with van der Waals surface area (Å²) in [4.78, 5) is 0. The summed E-state index contributed by atoms with van der Waals surface area (Å²) >= 11 is -4.27. The van der Waals surface area contributed by atoms with Gasteiger partial charge in [0.1, 0.15) is 0 Å². The first-order valence-electron chi connectivity index (χ1n) is 15.2. The Morgan fingerprint density at radius 3 is 1.29 bits per heavy atom. The molecule has 0 aliphatic rings. The van der Waals surface area contributed by atoms with Gasteiger partial charge in [0, 0.05) is 0 Å². The van der Waals surface area contributed by atoms with Crippen LogP contribution in [0.1, 0.15) is 152 Å². The Bertz CT molecular complexity index is 398. The van der Waals surface area contributed by atoms with Crippen LogP contribution in [0.2, 0.25) is 13.3 Å². The van der Waals surface area contributed by atoms with Gasteiger partial charge in [-0.2, -0.15) is 0 Å². The van der Waals surface area contributed by atoms with E-state index in [1.807, 2.05) is 0 Å². The van der Waals surface area contributed by atoms with Crippen molar-refractivity contribution in [2.45, 2.75) is 183 Å². The normalized spacial score (nSPS) is 12.7. The van der Waals surface area contributed by atoms with Crippen LogP contribution in [0.5, 0.6) is 0 Å². The maximum atomic E-state index is 7.43. The molecule has 0 aromatic heterocycles. The molecule has 0 saturated heterocycles. The van der Waals surface area contributed by atoms with Crippen molar-refractivity contribution < 1.29 is 9.22 Å². The van der Waals surface area contributed by atoms with Gasteiger partial charge in [-0.3, -0.25) is 0 Å². The molecule has 0 aromatic rings. The van der Waals surface area contributed by atoms with Gasteiger partial charge < -0.3 is 0 Å². The van der Waals surface area contributed by atoms with Crippen LogP contribution in [-0.4, -0.2) is 58.6 Å². The summed E-state index contributed by atoms with van der Waals surface area (Å²) in [5, 5.41) is 0. The van der Waals surface area contributed by atoms with Crippen molar-refractivity contribution >= 4 is 40.8 Å². The van der Waals surface area contributed by atoms with Crippen LogP contribution in [0.3, 0.4) is 0 Å². The molecule has 0 heterocycles. The number of unbranched alkanes of at least 4 members (excludes halogenated alkanes) is 4. The Labute approximate surface area is 231 Å². The predicted octanol–water partition coefficient (Wildman–Crippen LogP) is 10.0. The zero-order valence-corrected chi connectivity index (χ0v) is 30.3. The number of hydrogen-bond donors (Lipinski definition) is 0. The Morgan fingerprint density at radius 2 is 0.941 bits per heavy atom. The molecule has 0 fully saturated rings. The third kappa shape index (κ3) is 16.3. The molecule has 0 atom stereocenters. The van der Waals surface area contributed by atoms with Gasteiger partial charge in [0.05, 0.1) is 0 Å². The van der Waals surface area contributed by atoms with Crippen LogP contribution in [0.15, 0.2) is 0 Å². The van der Waals surface area contributed by atoms with E-state index < -0.39 is 40.8 Å². The average Bonchev–Trinajstić information content (AvgIpc) is 2.87. The first-order chi connectivity index (χ1) is 16.5. The molecule has 0 aromatic carbocycles. The van der Waals surface area contributed by atoms with Crippen LogP contribution in [0.4, 0.5) is 0 Å². The van der Waals surface area contributed by atoms with E-state index in [1.165, 1.54) is 83.9 Å². The Hall–Kier alpha value is 1.48. The van der Waals surface area contributed by atoms with Gasteiger partial charge in [-0.1, -0.05) is 0 Å². The van der Waals surface area contributed by atoms with Gasteiger partial charge in [-0.25, -0.2) is 0 Å². The van der Waals surface area contributed by atoms with Crippen molar-refractivity contribution in [2.75, 3.05) is 0 Å². The second kappa shape index (κ2) is 23.6. The van der Waals surface area contributed by atoms with E-state index in [0.717, 1.165) is 25.7 Å². The summed E-state index contributed by atoms with van der Waals surface area (Å²) in [6.07, 6.45) is 19.3. The molecule has 34 heavy (non-hydrogen) atoms. The molecule has 0 bridgehead atoms. The van der Waals surface area contributed by atoms with Gasteiger partial charge in [0.15, 0.2) is 0 Å². The van der Waals surface area contributed by atoms with Crippen molar-refractivity contribution in [3.05, 3.63) is 0 Å². The van der Waals surface area contributed by atoms with E-state index >= 15 is 0 Å². The molecule has 2 radical (unpaired) electrons. The molecule has 0 aliphatic heterocycles. The maximum absolute atomic E-state index is 7.43. The van der Waals surface area contributed by atoms with Crippen molar-refractivity contribution in [1.29, 1.82) is 0 Å². The van der Waals surface area contributed by atoms with Gasteiger partial charge >= 0.3 is 233 Å². The van der Waals surface area contributed by atoms with Gasteiger partial charge in [0.25, 0.3) is 0 Å². The number of rotatable bonds is 25. The molecule has 0 unspecified atom stereocenters. The summed E-state index contributed by atoms with van der Waals surface area (Å²) < 4.78 is 24.9. The third-order valence-electron chi connectivity index (χ3n) is 7.15. The summed E-state index contributed by atoms with van der Waals surface area (Å²) in [6.45, 7) is 18.4. The molecular weight excluding hydrogens is 634 g/mol. The number of hydrogen-bond acceptors (Lipinski definition) is 3. The molecule has 0 saturated carbocycles. The fourth-order valence-corrected chi connectivity index (χ4v) is 19.5. The first-order valence-corrected chi connectivity index (χ1v) is 24.7. The molecule has 0 N–H and O–H groups in total. The van der Waals surface area contributed by atoms with Crippen LogP contribution in [0, 0.1) is 0 Å². The van der Waals surface area contributed by atoms with Crippen LogP contribution in [0.25, 0.3) is 0 Å². The zero-order chi connectivity index (χ0) is 25.7. The van der Waals surface area contributed by atoms with Crippen LogP contribution < -0.4 is 0 Å². The van der Waals surface area contributed by atoms with E-state index in [-0.39, 0.29) is 5.60 Å². The van der Waals surface area contributed by atoms with Gasteiger partial charge in [-0.05, 0) is 0 Å². The van der Waals surface area contributed by atoms with E-state index in [2.05, 4.69) is 55.4 Å².